The van der Waals surface area contributed by atoms with E-state index in [4.69, 9.17) is 9.73 Å². The third-order valence-electron chi connectivity index (χ3n) is 5.16. The van der Waals surface area contributed by atoms with E-state index in [9.17, 15) is 0 Å². The first-order chi connectivity index (χ1) is 13.7. The van der Waals surface area contributed by atoms with E-state index in [1.165, 1.54) is 5.56 Å². The van der Waals surface area contributed by atoms with Gasteiger partial charge in [0.1, 0.15) is 12.4 Å². The van der Waals surface area contributed by atoms with E-state index in [1.807, 2.05) is 12.4 Å². The van der Waals surface area contributed by atoms with Crippen molar-refractivity contribution in [3.05, 3.63) is 54.1 Å². The first-order valence-electron chi connectivity index (χ1n) is 10.4. The van der Waals surface area contributed by atoms with Crippen LogP contribution >= 0.6 is 0 Å². The summed E-state index contributed by atoms with van der Waals surface area (Å²) < 4.78 is 8.06. The van der Waals surface area contributed by atoms with Crippen LogP contribution in [0.2, 0.25) is 0 Å². The third-order valence-corrected chi connectivity index (χ3v) is 5.16. The number of nitrogens with one attached hydrogen (secondary N) is 2. The quantitative estimate of drug-likeness (QED) is 0.516. The minimum atomic E-state index is -0.0912. The molecule has 6 heteroatoms. The lowest BCUT2D eigenvalue weighted by Crippen LogP contribution is -2.45. The molecule has 1 aromatic carbocycles. The lowest BCUT2D eigenvalue weighted by molar-refractivity contribution is 0.0243. The van der Waals surface area contributed by atoms with E-state index in [1.54, 1.807) is 0 Å². The first-order valence-corrected chi connectivity index (χ1v) is 10.4. The molecule has 6 nitrogen and oxygen atoms in total. The lowest BCUT2D eigenvalue weighted by atomic mass is 10.0. The maximum Gasteiger partial charge on any atom is 0.191 e. The predicted molar refractivity (Wildman–Crippen MR) is 113 cm³/mol. The van der Waals surface area contributed by atoms with Crippen molar-refractivity contribution in [2.45, 2.75) is 58.2 Å². The van der Waals surface area contributed by atoms with Crippen LogP contribution in [0.3, 0.4) is 0 Å². The molecular formula is C22H33N5O. The maximum absolute atomic E-state index is 5.86. The number of aryl methyl sites for hydroxylation is 2. The zero-order valence-corrected chi connectivity index (χ0v) is 17.2. The number of guanidine groups is 1. The Balaban J connectivity index is 1.52. The van der Waals surface area contributed by atoms with Gasteiger partial charge in [-0.3, -0.25) is 0 Å². The van der Waals surface area contributed by atoms with Crippen LogP contribution in [0.25, 0.3) is 0 Å². The van der Waals surface area contributed by atoms with Crippen LogP contribution in [0, 0.1) is 0 Å². The van der Waals surface area contributed by atoms with Gasteiger partial charge in [0.15, 0.2) is 5.96 Å². The number of benzene rings is 1. The van der Waals surface area contributed by atoms with Crippen LogP contribution in [0.4, 0.5) is 0 Å². The minimum Gasteiger partial charge on any atom is -0.373 e. The van der Waals surface area contributed by atoms with Crippen LogP contribution in [-0.2, 0) is 24.2 Å². The van der Waals surface area contributed by atoms with Gasteiger partial charge in [0.25, 0.3) is 0 Å². The Kier molecular flexibility index (Phi) is 7.48. The SMILES string of the molecule is CCNC(=NCc1nccn1CCCc1ccccc1)NCC1(C)CCCO1. The fourth-order valence-electron chi connectivity index (χ4n) is 3.53. The molecule has 2 N–H and O–H groups in total. The highest BCUT2D eigenvalue weighted by Crippen LogP contribution is 2.23. The summed E-state index contributed by atoms with van der Waals surface area (Å²) in [5.74, 6) is 1.81. The summed E-state index contributed by atoms with van der Waals surface area (Å²) in [6.07, 6.45) is 8.29. The summed E-state index contributed by atoms with van der Waals surface area (Å²) in [7, 11) is 0. The second kappa shape index (κ2) is 10.3. The van der Waals surface area contributed by atoms with Gasteiger partial charge in [-0.15, -0.1) is 0 Å². The molecule has 1 unspecified atom stereocenters. The van der Waals surface area contributed by atoms with E-state index >= 15 is 0 Å². The molecule has 1 saturated heterocycles. The number of aromatic nitrogens is 2. The van der Waals surface area contributed by atoms with Gasteiger partial charge in [-0.25, -0.2) is 9.98 Å². The zero-order chi connectivity index (χ0) is 19.7. The summed E-state index contributed by atoms with van der Waals surface area (Å²) in [4.78, 5) is 9.23. The molecule has 0 saturated carbocycles. The van der Waals surface area contributed by atoms with Gasteiger partial charge < -0.3 is 19.9 Å². The molecule has 1 aliphatic heterocycles. The maximum atomic E-state index is 5.86. The molecule has 1 atom stereocenters. The molecule has 0 bridgehead atoms. The summed E-state index contributed by atoms with van der Waals surface area (Å²) in [6.45, 7) is 8.21. The van der Waals surface area contributed by atoms with Gasteiger partial charge in [-0.1, -0.05) is 30.3 Å². The lowest BCUT2D eigenvalue weighted by Gasteiger charge is -2.24. The Hall–Kier alpha value is -2.34. The van der Waals surface area contributed by atoms with E-state index in [2.05, 4.69) is 64.4 Å². The van der Waals surface area contributed by atoms with E-state index in [-0.39, 0.29) is 5.60 Å². The number of rotatable bonds is 9. The number of aliphatic imine (C=N–C) groups is 1. The van der Waals surface area contributed by atoms with Gasteiger partial charge in [0.05, 0.1) is 5.60 Å². The van der Waals surface area contributed by atoms with E-state index in [0.29, 0.717) is 6.54 Å². The van der Waals surface area contributed by atoms with Crippen LogP contribution in [0.1, 0.15) is 44.5 Å². The smallest absolute Gasteiger partial charge is 0.191 e. The van der Waals surface area contributed by atoms with Gasteiger partial charge in [-0.2, -0.15) is 0 Å². The largest absolute Gasteiger partial charge is 0.373 e. The molecule has 152 valence electrons. The van der Waals surface area contributed by atoms with Crippen molar-refractivity contribution in [2.24, 2.45) is 4.99 Å². The fourth-order valence-corrected chi connectivity index (χ4v) is 3.53. The average molecular weight is 384 g/mol. The molecule has 3 rings (SSSR count). The van der Waals surface area contributed by atoms with Crippen molar-refractivity contribution in [3.63, 3.8) is 0 Å². The highest BCUT2D eigenvalue weighted by atomic mass is 16.5. The fraction of sp³-hybridized carbons (Fsp3) is 0.545. The highest BCUT2D eigenvalue weighted by Gasteiger charge is 2.29. The van der Waals surface area contributed by atoms with Crippen molar-refractivity contribution in [2.75, 3.05) is 19.7 Å². The molecule has 2 heterocycles. The van der Waals surface area contributed by atoms with Crippen LogP contribution in [0.5, 0.6) is 0 Å². The number of imidazole rings is 1. The van der Waals surface area contributed by atoms with Gasteiger partial charge in [0, 0.05) is 38.6 Å². The topological polar surface area (TPSA) is 63.5 Å². The van der Waals surface area contributed by atoms with Gasteiger partial charge >= 0.3 is 0 Å². The summed E-state index contributed by atoms with van der Waals surface area (Å²) in [6, 6.07) is 10.6. The molecule has 0 amide bonds. The van der Waals surface area contributed by atoms with Crippen molar-refractivity contribution in [3.8, 4) is 0 Å². The summed E-state index contributed by atoms with van der Waals surface area (Å²) in [5.41, 5.74) is 1.29. The van der Waals surface area contributed by atoms with E-state index in [0.717, 1.165) is 63.7 Å². The van der Waals surface area contributed by atoms with Crippen LogP contribution in [0.15, 0.2) is 47.7 Å². The monoisotopic (exact) mass is 383 g/mol. The Morgan fingerprint density at radius 1 is 1.29 bits per heavy atom. The third kappa shape index (κ3) is 6.09. The standard InChI is InChI=1S/C22H33N5O/c1-3-23-21(26-18-22(2)12-8-16-28-22)25-17-20-24-13-15-27(20)14-7-11-19-9-5-4-6-10-19/h4-6,9-10,13,15H,3,7-8,11-12,14,16-18H2,1-2H3,(H2,23,25,26). The van der Waals surface area contributed by atoms with Crippen molar-refractivity contribution in [1.82, 2.24) is 20.2 Å². The van der Waals surface area contributed by atoms with Crippen LogP contribution in [-0.4, -0.2) is 40.8 Å². The van der Waals surface area contributed by atoms with Crippen molar-refractivity contribution >= 4 is 5.96 Å². The van der Waals surface area contributed by atoms with Gasteiger partial charge in [0.2, 0.25) is 0 Å². The Morgan fingerprint density at radius 3 is 2.89 bits per heavy atom. The molecule has 1 aromatic heterocycles. The molecule has 0 spiro atoms. The van der Waals surface area contributed by atoms with Crippen molar-refractivity contribution in [1.29, 1.82) is 0 Å². The predicted octanol–water partition coefficient (Wildman–Crippen LogP) is 3.14. The second-order valence-corrected chi connectivity index (χ2v) is 7.58. The van der Waals surface area contributed by atoms with Gasteiger partial charge in [-0.05, 0) is 45.1 Å². The Morgan fingerprint density at radius 2 is 2.14 bits per heavy atom. The molecule has 0 aliphatic carbocycles. The second-order valence-electron chi connectivity index (χ2n) is 7.58. The Labute approximate surface area is 168 Å². The molecule has 0 radical (unpaired) electrons. The van der Waals surface area contributed by atoms with E-state index < -0.39 is 0 Å². The van der Waals surface area contributed by atoms with Crippen LogP contribution < -0.4 is 10.6 Å². The normalized spacial score (nSPS) is 19.7. The molecule has 2 aromatic rings. The van der Waals surface area contributed by atoms with Crippen molar-refractivity contribution < 1.29 is 4.74 Å². The number of hydrogen-bond acceptors (Lipinski definition) is 3. The highest BCUT2D eigenvalue weighted by molar-refractivity contribution is 5.79. The Bertz CT molecular complexity index is 734. The average Bonchev–Trinajstić information content (AvgIpc) is 3.34. The summed E-state index contributed by atoms with van der Waals surface area (Å²) >= 11 is 0. The zero-order valence-electron chi connectivity index (χ0n) is 17.2. The molecular weight excluding hydrogens is 350 g/mol. The molecule has 1 fully saturated rings. The molecule has 28 heavy (non-hydrogen) atoms. The minimum absolute atomic E-state index is 0.0912. The first kappa shape index (κ1) is 20.4. The number of ether oxygens (including phenoxy) is 1. The number of nitrogens with zero attached hydrogens (tertiary/aromatic N) is 3. The number of hydrogen-bond donors (Lipinski definition) is 2. The molecule has 1 aliphatic rings. The summed E-state index contributed by atoms with van der Waals surface area (Å²) in [5, 5.41) is 6.74.